The predicted molar refractivity (Wildman–Crippen MR) is 82.4 cm³/mol. The van der Waals surface area contributed by atoms with E-state index in [0.717, 1.165) is 11.4 Å². The minimum absolute atomic E-state index is 0.0918. The van der Waals surface area contributed by atoms with Crippen molar-refractivity contribution in [3.05, 3.63) is 24.3 Å². The van der Waals surface area contributed by atoms with E-state index in [9.17, 15) is 0 Å². The van der Waals surface area contributed by atoms with Crippen LogP contribution in [0.3, 0.4) is 0 Å². The van der Waals surface area contributed by atoms with Gasteiger partial charge in [0.05, 0.1) is 34.9 Å². The third-order valence-electron chi connectivity index (χ3n) is 3.24. The fourth-order valence-corrected chi connectivity index (χ4v) is 1.58. The largest absolute Gasteiger partial charge is 0.411 e. The summed E-state index contributed by atoms with van der Waals surface area (Å²) in [5.41, 5.74) is 2.98. The lowest BCUT2D eigenvalue weighted by atomic mass is 10.1. The molecule has 0 saturated heterocycles. The van der Waals surface area contributed by atoms with Gasteiger partial charge in [-0.25, -0.2) is 0 Å². The number of hydrogen-bond donors (Lipinski definition) is 4. The number of hydrogen-bond acceptors (Lipinski definition) is 6. The van der Waals surface area contributed by atoms with Gasteiger partial charge in [-0.1, -0.05) is 22.4 Å². The van der Waals surface area contributed by atoms with Crippen molar-refractivity contribution in [3.8, 4) is 0 Å². The fraction of sp³-hybridized carbons (Fsp3) is 0.429. The van der Waals surface area contributed by atoms with Crippen LogP contribution in [0.5, 0.6) is 0 Å². The quantitative estimate of drug-likeness (QED) is 0.366. The van der Waals surface area contributed by atoms with Gasteiger partial charge in [-0.05, 0) is 39.8 Å². The SMILES string of the molecule is C/C(=N\O)C(C)Nc1ccccc1NC(C)/C(C)=N/O. The number of nitrogens with one attached hydrogen (secondary N) is 2. The summed E-state index contributed by atoms with van der Waals surface area (Å²) in [6.07, 6.45) is 0. The Morgan fingerprint density at radius 1 is 0.900 bits per heavy atom. The zero-order valence-electron chi connectivity index (χ0n) is 12.3. The van der Waals surface area contributed by atoms with Gasteiger partial charge in [0.2, 0.25) is 0 Å². The van der Waals surface area contributed by atoms with Crippen molar-refractivity contribution in [3.63, 3.8) is 0 Å². The maximum absolute atomic E-state index is 8.79. The zero-order valence-corrected chi connectivity index (χ0v) is 12.3. The second kappa shape index (κ2) is 7.37. The molecule has 0 aliphatic rings. The van der Waals surface area contributed by atoms with Crippen LogP contribution in [0.2, 0.25) is 0 Å². The summed E-state index contributed by atoms with van der Waals surface area (Å²) in [5, 5.41) is 30.5. The standard InChI is InChI=1S/C14H22N4O2/c1-9(11(3)17-19)15-13-7-5-6-8-14(13)16-10(2)12(4)18-20/h5-10,15-16,19-20H,1-4H3/b17-11+,18-12+. The van der Waals surface area contributed by atoms with Gasteiger partial charge in [0.1, 0.15) is 0 Å². The van der Waals surface area contributed by atoms with E-state index in [1.165, 1.54) is 0 Å². The normalized spacial score (nSPS) is 15.6. The molecule has 6 nitrogen and oxygen atoms in total. The Balaban J connectivity index is 2.88. The third-order valence-corrected chi connectivity index (χ3v) is 3.24. The fourth-order valence-electron chi connectivity index (χ4n) is 1.58. The number of oxime groups is 2. The molecule has 1 aromatic carbocycles. The summed E-state index contributed by atoms with van der Waals surface area (Å²) in [7, 11) is 0. The van der Waals surface area contributed by atoms with E-state index in [1.54, 1.807) is 13.8 Å². The van der Waals surface area contributed by atoms with Crippen molar-refractivity contribution in [1.29, 1.82) is 0 Å². The first-order valence-corrected chi connectivity index (χ1v) is 6.48. The van der Waals surface area contributed by atoms with Crippen LogP contribution in [0, 0.1) is 0 Å². The molecule has 1 aromatic rings. The van der Waals surface area contributed by atoms with Gasteiger partial charge < -0.3 is 21.0 Å². The number of para-hydroxylation sites is 2. The van der Waals surface area contributed by atoms with E-state index in [0.29, 0.717) is 11.4 Å². The number of nitrogens with zero attached hydrogens (tertiary/aromatic N) is 2. The Hall–Kier alpha value is -2.24. The number of rotatable bonds is 6. The van der Waals surface area contributed by atoms with Gasteiger partial charge in [0, 0.05) is 0 Å². The summed E-state index contributed by atoms with van der Waals surface area (Å²) in [6, 6.07) is 7.52. The first-order valence-electron chi connectivity index (χ1n) is 6.48. The lowest BCUT2D eigenvalue weighted by molar-refractivity contribution is 0.317. The molecular weight excluding hydrogens is 256 g/mol. The molecule has 0 saturated carbocycles. The second-order valence-corrected chi connectivity index (χ2v) is 4.76. The Morgan fingerprint density at radius 3 is 1.55 bits per heavy atom. The summed E-state index contributed by atoms with van der Waals surface area (Å²) in [6.45, 7) is 7.32. The average molecular weight is 278 g/mol. The highest BCUT2D eigenvalue weighted by Gasteiger charge is 2.12. The average Bonchev–Trinajstić information content (AvgIpc) is 2.47. The Labute approximate surface area is 119 Å². The van der Waals surface area contributed by atoms with Crippen LogP contribution >= 0.6 is 0 Å². The molecule has 2 atom stereocenters. The Bertz CT molecular complexity index is 455. The van der Waals surface area contributed by atoms with E-state index in [1.807, 2.05) is 38.1 Å². The second-order valence-electron chi connectivity index (χ2n) is 4.76. The minimum atomic E-state index is -0.0918. The number of benzene rings is 1. The summed E-state index contributed by atoms with van der Waals surface area (Å²) < 4.78 is 0. The van der Waals surface area contributed by atoms with Crippen LogP contribution < -0.4 is 10.6 Å². The highest BCUT2D eigenvalue weighted by atomic mass is 16.4. The van der Waals surface area contributed by atoms with Crippen molar-refractivity contribution < 1.29 is 10.4 Å². The van der Waals surface area contributed by atoms with Gasteiger partial charge in [-0.3, -0.25) is 0 Å². The van der Waals surface area contributed by atoms with E-state index in [-0.39, 0.29) is 12.1 Å². The lowest BCUT2D eigenvalue weighted by Crippen LogP contribution is -2.27. The smallest absolute Gasteiger partial charge is 0.0759 e. The maximum atomic E-state index is 8.79. The van der Waals surface area contributed by atoms with Crippen molar-refractivity contribution in [2.45, 2.75) is 39.8 Å². The van der Waals surface area contributed by atoms with Crippen LogP contribution in [-0.4, -0.2) is 33.9 Å². The molecule has 1 rings (SSSR count). The summed E-state index contributed by atoms with van der Waals surface area (Å²) in [5.74, 6) is 0. The van der Waals surface area contributed by atoms with Crippen LogP contribution in [0.15, 0.2) is 34.6 Å². The lowest BCUT2D eigenvalue weighted by Gasteiger charge is -2.20. The third kappa shape index (κ3) is 4.15. The van der Waals surface area contributed by atoms with Gasteiger partial charge in [0.15, 0.2) is 0 Å². The van der Waals surface area contributed by atoms with E-state index in [4.69, 9.17) is 10.4 Å². The molecule has 0 fully saturated rings. The van der Waals surface area contributed by atoms with Gasteiger partial charge >= 0.3 is 0 Å². The molecule has 0 radical (unpaired) electrons. The monoisotopic (exact) mass is 278 g/mol. The molecule has 0 heterocycles. The topological polar surface area (TPSA) is 89.2 Å². The highest BCUT2D eigenvalue weighted by Crippen LogP contribution is 2.23. The molecule has 20 heavy (non-hydrogen) atoms. The summed E-state index contributed by atoms with van der Waals surface area (Å²) in [4.78, 5) is 0. The molecule has 0 aromatic heterocycles. The first-order chi connectivity index (χ1) is 9.49. The van der Waals surface area contributed by atoms with Gasteiger partial charge in [-0.15, -0.1) is 0 Å². The molecule has 0 amide bonds. The Morgan fingerprint density at radius 2 is 1.25 bits per heavy atom. The van der Waals surface area contributed by atoms with Crippen molar-refractivity contribution in [2.24, 2.45) is 10.3 Å². The first kappa shape index (κ1) is 15.8. The maximum Gasteiger partial charge on any atom is 0.0759 e. The van der Waals surface area contributed by atoms with Crippen LogP contribution in [0.25, 0.3) is 0 Å². The minimum Gasteiger partial charge on any atom is -0.411 e. The van der Waals surface area contributed by atoms with Crippen LogP contribution in [-0.2, 0) is 0 Å². The molecule has 0 bridgehead atoms. The van der Waals surface area contributed by atoms with Crippen molar-refractivity contribution in [1.82, 2.24) is 0 Å². The van der Waals surface area contributed by atoms with Crippen molar-refractivity contribution in [2.75, 3.05) is 10.6 Å². The van der Waals surface area contributed by atoms with Crippen molar-refractivity contribution >= 4 is 22.8 Å². The Kier molecular flexibility index (Phi) is 5.83. The molecule has 0 aliphatic carbocycles. The predicted octanol–water partition coefficient (Wildman–Crippen LogP) is 2.99. The number of anilines is 2. The van der Waals surface area contributed by atoms with E-state index < -0.39 is 0 Å². The van der Waals surface area contributed by atoms with Crippen LogP contribution in [0.1, 0.15) is 27.7 Å². The molecule has 0 aliphatic heterocycles. The highest BCUT2D eigenvalue weighted by molar-refractivity contribution is 5.91. The molecule has 6 heteroatoms. The summed E-state index contributed by atoms with van der Waals surface area (Å²) >= 11 is 0. The molecule has 2 unspecified atom stereocenters. The molecular formula is C14H22N4O2. The molecule has 4 N–H and O–H groups in total. The molecule has 0 spiro atoms. The van der Waals surface area contributed by atoms with E-state index >= 15 is 0 Å². The molecule has 110 valence electrons. The van der Waals surface area contributed by atoms with Crippen LogP contribution in [0.4, 0.5) is 11.4 Å². The van der Waals surface area contributed by atoms with Gasteiger partial charge in [0.25, 0.3) is 0 Å². The van der Waals surface area contributed by atoms with Gasteiger partial charge in [-0.2, -0.15) is 0 Å². The zero-order chi connectivity index (χ0) is 15.1. The van der Waals surface area contributed by atoms with E-state index in [2.05, 4.69) is 20.9 Å².